The molecule has 0 saturated carbocycles. The number of aromatic nitrogens is 1. The van der Waals surface area contributed by atoms with E-state index < -0.39 is 0 Å². The third kappa shape index (κ3) is 4.23. The molecule has 1 aromatic carbocycles. The lowest BCUT2D eigenvalue weighted by Gasteiger charge is -2.27. The summed E-state index contributed by atoms with van der Waals surface area (Å²) in [4.78, 5) is 19.1. The van der Waals surface area contributed by atoms with Gasteiger partial charge in [0, 0.05) is 36.4 Å². The van der Waals surface area contributed by atoms with Crippen molar-refractivity contribution in [2.75, 3.05) is 25.5 Å². The quantitative estimate of drug-likeness (QED) is 0.877. The van der Waals surface area contributed by atoms with E-state index in [-0.39, 0.29) is 5.91 Å². The van der Waals surface area contributed by atoms with Crippen molar-refractivity contribution in [1.29, 1.82) is 0 Å². The van der Waals surface area contributed by atoms with E-state index in [0.29, 0.717) is 28.7 Å². The standard InChI is InChI=1S/C19H22ClN3O2/c1-25-17-12-15(20)8-7-14(17)13-22-18-16(6-5-9-21-18)19(24)23-10-3-2-4-11-23/h5-9,12H,2-4,10-11,13H2,1H3,(H,21,22). The Bertz CT molecular complexity index is 745. The SMILES string of the molecule is COc1cc(Cl)ccc1CNc1ncccc1C(=O)N1CCCCC1. The first-order valence-corrected chi connectivity index (χ1v) is 8.87. The molecule has 1 N–H and O–H groups in total. The van der Waals surface area contributed by atoms with Gasteiger partial charge in [-0.3, -0.25) is 4.79 Å². The van der Waals surface area contributed by atoms with Gasteiger partial charge in [0.2, 0.25) is 0 Å². The number of pyridine rings is 1. The number of methoxy groups -OCH3 is 1. The molecule has 1 aliphatic heterocycles. The average Bonchev–Trinajstić information content (AvgIpc) is 2.67. The van der Waals surface area contributed by atoms with Crippen LogP contribution in [0.15, 0.2) is 36.5 Å². The molecule has 1 amide bonds. The van der Waals surface area contributed by atoms with Crippen molar-refractivity contribution in [1.82, 2.24) is 9.88 Å². The molecule has 132 valence electrons. The zero-order valence-electron chi connectivity index (χ0n) is 14.3. The highest BCUT2D eigenvalue weighted by atomic mass is 35.5. The predicted molar refractivity (Wildman–Crippen MR) is 99.3 cm³/mol. The van der Waals surface area contributed by atoms with Gasteiger partial charge in [0.25, 0.3) is 5.91 Å². The highest BCUT2D eigenvalue weighted by Crippen LogP contribution is 2.25. The molecule has 2 aromatic rings. The number of nitrogens with zero attached hydrogens (tertiary/aromatic N) is 2. The fraction of sp³-hybridized carbons (Fsp3) is 0.368. The molecule has 1 aromatic heterocycles. The van der Waals surface area contributed by atoms with Crippen molar-refractivity contribution in [3.63, 3.8) is 0 Å². The summed E-state index contributed by atoms with van der Waals surface area (Å²) in [5.74, 6) is 1.34. The molecule has 1 aliphatic rings. The molecule has 0 unspecified atom stereocenters. The minimum absolute atomic E-state index is 0.0402. The Hall–Kier alpha value is -2.27. The molecule has 0 bridgehead atoms. The minimum Gasteiger partial charge on any atom is -0.496 e. The second-order valence-corrected chi connectivity index (χ2v) is 6.50. The highest BCUT2D eigenvalue weighted by Gasteiger charge is 2.21. The van der Waals surface area contributed by atoms with E-state index in [2.05, 4.69) is 10.3 Å². The van der Waals surface area contributed by atoms with Crippen LogP contribution in [0.3, 0.4) is 0 Å². The summed E-state index contributed by atoms with van der Waals surface area (Å²) in [6, 6.07) is 9.12. The van der Waals surface area contributed by atoms with Gasteiger partial charge >= 0.3 is 0 Å². The second kappa shape index (κ2) is 8.21. The zero-order chi connectivity index (χ0) is 17.6. The maximum atomic E-state index is 12.8. The van der Waals surface area contributed by atoms with Crippen LogP contribution in [0.4, 0.5) is 5.82 Å². The number of anilines is 1. The molecule has 0 radical (unpaired) electrons. The van der Waals surface area contributed by atoms with Crippen molar-refractivity contribution in [3.05, 3.63) is 52.7 Å². The van der Waals surface area contributed by atoms with Crippen LogP contribution in [0.25, 0.3) is 0 Å². The number of amides is 1. The Morgan fingerprint density at radius 1 is 1.28 bits per heavy atom. The van der Waals surface area contributed by atoms with Gasteiger partial charge in [0.1, 0.15) is 11.6 Å². The molecule has 0 aliphatic carbocycles. The van der Waals surface area contributed by atoms with Gasteiger partial charge in [-0.2, -0.15) is 0 Å². The smallest absolute Gasteiger partial charge is 0.257 e. The summed E-state index contributed by atoms with van der Waals surface area (Å²) >= 11 is 6.00. The normalized spacial score (nSPS) is 14.2. The highest BCUT2D eigenvalue weighted by molar-refractivity contribution is 6.30. The Labute approximate surface area is 153 Å². The number of piperidine rings is 1. The number of ether oxygens (including phenoxy) is 1. The first-order chi connectivity index (χ1) is 12.2. The molecule has 1 fully saturated rings. The average molecular weight is 360 g/mol. The second-order valence-electron chi connectivity index (χ2n) is 6.06. The largest absolute Gasteiger partial charge is 0.496 e. The molecule has 2 heterocycles. The van der Waals surface area contributed by atoms with Gasteiger partial charge in [-0.15, -0.1) is 0 Å². The van der Waals surface area contributed by atoms with E-state index in [1.807, 2.05) is 23.1 Å². The summed E-state index contributed by atoms with van der Waals surface area (Å²) in [6.45, 7) is 2.13. The van der Waals surface area contributed by atoms with Gasteiger partial charge in [-0.05, 0) is 43.5 Å². The number of hydrogen-bond donors (Lipinski definition) is 1. The maximum absolute atomic E-state index is 12.8. The predicted octanol–water partition coefficient (Wildman–Crippen LogP) is 3.98. The molecule has 1 saturated heterocycles. The van der Waals surface area contributed by atoms with Crippen LogP contribution in [0.5, 0.6) is 5.75 Å². The number of halogens is 1. The third-order valence-electron chi connectivity index (χ3n) is 4.38. The lowest BCUT2D eigenvalue weighted by atomic mass is 10.1. The van der Waals surface area contributed by atoms with Crippen molar-refractivity contribution in [3.8, 4) is 5.75 Å². The number of nitrogens with one attached hydrogen (secondary N) is 1. The summed E-state index contributed by atoms with van der Waals surface area (Å²) in [7, 11) is 1.61. The van der Waals surface area contributed by atoms with Gasteiger partial charge in [0.05, 0.1) is 12.7 Å². The molecular weight excluding hydrogens is 338 g/mol. The van der Waals surface area contributed by atoms with E-state index in [9.17, 15) is 4.79 Å². The van der Waals surface area contributed by atoms with E-state index in [1.165, 1.54) is 6.42 Å². The molecule has 3 rings (SSSR count). The van der Waals surface area contributed by atoms with Gasteiger partial charge in [-0.25, -0.2) is 4.98 Å². The van der Waals surface area contributed by atoms with E-state index >= 15 is 0 Å². The first-order valence-electron chi connectivity index (χ1n) is 8.49. The van der Waals surface area contributed by atoms with Crippen LogP contribution in [-0.2, 0) is 6.54 Å². The van der Waals surface area contributed by atoms with Crippen molar-refractivity contribution >= 4 is 23.3 Å². The fourth-order valence-electron chi connectivity index (χ4n) is 3.03. The van der Waals surface area contributed by atoms with Crippen LogP contribution >= 0.6 is 11.6 Å². The number of carbonyl (C=O) groups is 1. The Balaban J connectivity index is 1.76. The number of likely N-dealkylation sites (tertiary alicyclic amines) is 1. The topological polar surface area (TPSA) is 54.5 Å². The third-order valence-corrected chi connectivity index (χ3v) is 4.61. The number of rotatable bonds is 5. The van der Waals surface area contributed by atoms with Crippen LogP contribution in [-0.4, -0.2) is 36.0 Å². The molecule has 0 spiro atoms. The first kappa shape index (κ1) is 17.5. The van der Waals surface area contributed by atoms with E-state index in [0.717, 1.165) is 31.5 Å². The van der Waals surface area contributed by atoms with Crippen LogP contribution < -0.4 is 10.1 Å². The summed E-state index contributed by atoms with van der Waals surface area (Å²) in [5, 5.41) is 3.89. The monoisotopic (exact) mass is 359 g/mol. The summed E-state index contributed by atoms with van der Waals surface area (Å²) in [6.07, 6.45) is 5.01. The van der Waals surface area contributed by atoms with E-state index in [1.54, 1.807) is 25.4 Å². The Morgan fingerprint density at radius 2 is 2.08 bits per heavy atom. The van der Waals surface area contributed by atoms with Crippen LogP contribution in [0, 0.1) is 0 Å². The van der Waals surface area contributed by atoms with Gasteiger partial charge in [-0.1, -0.05) is 17.7 Å². The van der Waals surface area contributed by atoms with Crippen LogP contribution in [0.2, 0.25) is 5.02 Å². The number of carbonyl (C=O) groups excluding carboxylic acids is 1. The van der Waals surface area contributed by atoms with Crippen LogP contribution in [0.1, 0.15) is 35.2 Å². The molecular formula is C19H22ClN3O2. The zero-order valence-corrected chi connectivity index (χ0v) is 15.1. The summed E-state index contributed by atoms with van der Waals surface area (Å²) in [5.41, 5.74) is 1.56. The maximum Gasteiger partial charge on any atom is 0.257 e. The molecule has 5 nitrogen and oxygen atoms in total. The van der Waals surface area contributed by atoms with Gasteiger partial charge < -0.3 is 15.0 Å². The Kier molecular flexibility index (Phi) is 5.76. The molecule has 25 heavy (non-hydrogen) atoms. The van der Waals surface area contributed by atoms with Crippen molar-refractivity contribution in [2.24, 2.45) is 0 Å². The number of hydrogen-bond acceptors (Lipinski definition) is 4. The van der Waals surface area contributed by atoms with Crippen molar-refractivity contribution < 1.29 is 9.53 Å². The minimum atomic E-state index is 0.0402. The van der Waals surface area contributed by atoms with Gasteiger partial charge in [0.15, 0.2) is 0 Å². The lowest BCUT2D eigenvalue weighted by Crippen LogP contribution is -2.36. The van der Waals surface area contributed by atoms with E-state index in [4.69, 9.17) is 16.3 Å². The Morgan fingerprint density at radius 3 is 2.84 bits per heavy atom. The lowest BCUT2D eigenvalue weighted by molar-refractivity contribution is 0.0725. The number of benzene rings is 1. The molecule has 6 heteroatoms. The fourth-order valence-corrected chi connectivity index (χ4v) is 3.19. The molecule has 0 atom stereocenters. The van der Waals surface area contributed by atoms with Crippen molar-refractivity contribution in [2.45, 2.75) is 25.8 Å². The summed E-state index contributed by atoms with van der Waals surface area (Å²) < 4.78 is 5.37.